The number of hydrogen-bond acceptors (Lipinski definition) is 7. The number of methoxy groups -OCH3 is 1. The number of anilines is 1. The van der Waals surface area contributed by atoms with Gasteiger partial charge < -0.3 is 10.1 Å². The van der Waals surface area contributed by atoms with Crippen molar-refractivity contribution in [2.45, 2.75) is 12.5 Å². The number of aromatic nitrogens is 4. The summed E-state index contributed by atoms with van der Waals surface area (Å²) in [6, 6.07) is 17.0. The largest absolute Gasteiger partial charge is 0.467 e. The number of thiazole rings is 1. The number of carbonyl (C=O) groups excluding carboxylic acids is 1. The lowest BCUT2D eigenvalue weighted by molar-refractivity contribution is -0.141. The van der Waals surface area contributed by atoms with Crippen LogP contribution >= 0.6 is 11.3 Å². The summed E-state index contributed by atoms with van der Waals surface area (Å²) in [7, 11) is 1.35. The lowest BCUT2D eigenvalue weighted by Gasteiger charge is -2.17. The third kappa shape index (κ3) is 4.38. The summed E-state index contributed by atoms with van der Waals surface area (Å²) in [5, 5.41) is 5.05. The number of ether oxygens (including phenoxy) is 1. The first-order valence-corrected chi connectivity index (χ1v) is 11.4. The molecule has 0 radical (unpaired) electrons. The van der Waals surface area contributed by atoms with Gasteiger partial charge in [-0.25, -0.2) is 24.1 Å². The van der Waals surface area contributed by atoms with E-state index in [1.807, 2.05) is 46.3 Å². The molecule has 9 heteroatoms. The molecular weight excluding hydrogens is 453 g/mol. The van der Waals surface area contributed by atoms with Crippen LogP contribution in [0.5, 0.6) is 0 Å². The average Bonchev–Trinajstić information content (AvgIpc) is 3.46. The summed E-state index contributed by atoms with van der Waals surface area (Å²) < 4.78 is 20.4. The van der Waals surface area contributed by atoms with Gasteiger partial charge in [-0.15, -0.1) is 11.3 Å². The van der Waals surface area contributed by atoms with Gasteiger partial charge in [-0.3, -0.25) is 4.40 Å². The number of nitrogens with one attached hydrogen (secondary N) is 1. The number of fused-ring (bicyclic) bond motifs is 1. The van der Waals surface area contributed by atoms with Gasteiger partial charge in [0.25, 0.3) is 0 Å². The van der Waals surface area contributed by atoms with Gasteiger partial charge in [-0.1, -0.05) is 30.3 Å². The SMILES string of the molecule is COC(=O)[C@@H](Cc1ccccc1)Nc1nccc(-c2c(-c3ccc(F)cc3)nc3sccn23)n1. The van der Waals surface area contributed by atoms with Crippen LogP contribution in [0.3, 0.4) is 0 Å². The van der Waals surface area contributed by atoms with Gasteiger partial charge in [-0.2, -0.15) is 0 Å². The maximum absolute atomic E-state index is 13.5. The maximum atomic E-state index is 13.5. The fraction of sp³-hybridized carbons (Fsp3) is 0.120. The van der Waals surface area contributed by atoms with Crippen molar-refractivity contribution < 1.29 is 13.9 Å². The molecule has 0 unspecified atom stereocenters. The second-order valence-electron chi connectivity index (χ2n) is 7.55. The van der Waals surface area contributed by atoms with Crippen molar-refractivity contribution in [3.8, 4) is 22.6 Å². The molecule has 5 rings (SSSR count). The second kappa shape index (κ2) is 9.40. The smallest absolute Gasteiger partial charge is 0.328 e. The van der Waals surface area contributed by atoms with Crippen LogP contribution in [0.2, 0.25) is 0 Å². The molecule has 0 bridgehead atoms. The molecule has 5 aromatic rings. The Bertz CT molecular complexity index is 1430. The van der Waals surface area contributed by atoms with E-state index in [4.69, 9.17) is 9.72 Å². The third-order valence-corrected chi connectivity index (χ3v) is 6.11. The van der Waals surface area contributed by atoms with Crippen molar-refractivity contribution in [3.05, 3.63) is 89.8 Å². The Balaban J connectivity index is 1.52. The van der Waals surface area contributed by atoms with Crippen LogP contribution in [-0.2, 0) is 16.0 Å². The van der Waals surface area contributed by atoms with E-state index in [0.29, 0.717) is 23.8 Å². The number of rotatable bonds is 7. The Labute approximate surface area is 198 Å². The van der Waals surface area contributed by atoms with Crippen LogP contribution in [-0.4, -0.2) is 38.5 Å². The zero-order valence-electron chi connectivity index (χ0n) is 18.2. The molecule has 0 aliphatic rings. The molecule has 1 atom stereocenters. The summed E-state index contributed by atoms with van der Waals surface area (Å²) in [5.74, 6) is -0.430. The first-order chi connectivity index (χ1) is 16.6. The Hall–Kier alpha value is -4.11. The minimum Gasteiger partial charge on any atom is -0.467 e. The van der Waals surface area contributed by atoms with E-state index in [0.717, 1.165) is 21.8 Å². The summed E-state index contributed by atoms with van der Waals surface area (Å²) in [4.78, 5) is 27.0. The Morgan fingerprint density at radius 2 is 1.91 bits per heavy atom. The summed E-state index contributed by atoms with van der Waals surface area (Å²) >= 11 is 1.50. The van der Waals surface area contributed by atoms with E-state index in [9.17, 15) is 9.18 Å². The highest BCUT2D eigenvalue weighted by Gasteiger charge is 2.22. The normalized spacial score (nSPS) is 11.9. The number of hydrogen-bond donors (Lipinski definition) is 1. The van der Waals surface area contributed by atoms with Gasteiger partial charge in [0.1, 0.15) is 17.6 Å². The zero-order valence-corrected chi connectivity index (χ0v) is 19.0. The molecule has 2 aromatic carbocycles. The predicted molar refractivity (Wildman–Crippen MR) is 129 cm³/mol. The molecular formula is C25H20FN5O2S. The van der Waals surface area contributed by atoms with Gasteiger partial charge in [0.15, 0.2) is 4.96 Å². The number of esters is 1. The number of carbonyl (C=O) groups is 1. The Kier molecular flexibility index (Phi) is 6.01. The Morgan fingerprint density at radius 3 is 2.68 bits per heavy atom. The lowest BCUT2D eigenvalue weighted by atomic mass is 10.1. The molecule has 0 fully saturated rings. The molecule has 0 aliphatic carbocycles. The fourth-order valence-corrected chi connectivity index (χ4v) is 4.45. The van der Waals surface area contributed by atoms with Crippen molar-refractivity contribution in [3.63, 3.8) is 0 Å². The van der Waals surface area contributed by atoms with Crippen LogP contribution in [0.1, 0.15) is 5.56 Å². The number of halogens is 1. The summed E-state index contributed by atoms with van der Waals surface area (Å²) in [6.07, 6.45) is 3.96. The Morgan fingerprint density at radius 1 is 1.12 bits per heavy atom. The van der Waals surface area contributed by atoms with Crippen LogP contribution in [0.15, 0.2) is 78.4 Å². The monoisotopic (exact) mass is 473 g/mol. The van der Waals surface area contributed by atoms with E-state index in [1.165, 1.54) is 30.6 Å². The lowest BCUT2D eigenvalue weighted by Crippen LogP contribution is -2.33. The van der Waals surface area contributed by atoms with Crippen molar-refractivity contribution >= 4 is 28.2 Å². The van der Waals surface area contributed by atoms with Crippen LogP contribution < -0.4 is 5.32 Å². The highest BCUT2D eigenvalue weighted by molar-refractivity contribution is 7.15. The van der Waals surface area contributed by atoms with E-state index >= 15 is 0 Å². The number of nitrogens with zero attached hydrogens (tertiary/aromatic N) is 4. The fourth-order valence-electron chi connectivity index (χ4n) is 3.74. The molecule has 0 amide bonds. The van der Waals surface area contributed by atoms with E-state index in [1.54, 1.807) is 24.4 Å². The van der Waals surface area contributed by atoms with E-state index < -0.39 is 12.0 Å². The molecule has 170 valence electrons. The van der Waals surface area contributed by atoms with Gasteiger partial charge in [0.2, 0.25) is 5.95 Å². The molecule has 34 heavy (non-hydrogen) atoms. The van der Waals surface area contributed by atoms with Gasteiger partial charge in [0, 0.05) is 29.8 Å². The third-order valence-electron chi connectivity index (χ3n) is 5.35. The maximum Gasteiger partial charge on any atom is 0.328 e. The second-order valence-corrected chi connectivity index (χ2v) is 8.42. The van der Waals surface area contributed by atoms with Gasteiger partial charge in [-0.05, 0) is 35.9 Å². The van der Waals surface area contributed by atoms with Crippen LogP contribution in [0.4, 0.5) is 10.3 Å². The standard InChI is InChI=1S/C25H20FN5O2S/c1-33-23(32)20(15-16-5-3-2-4-6-16)29-24-27-12-11-19(28-24)22-21(17-7-9-18(26)10-8-17)30-25-31(22)13-14-34-25/h2-14,20H,15H2,1H3,(H,27,28,29)/t20-/m1/s1. The van der Waals surface area contributed by atoms with E-state index in [-0.39, 0.29) is 5.82 Å². The average molecular weight is 474 g/mol. The first-order valence-electron chi connectivity index (χ1n) is 10.6. The molecule has 0 saturated carbocycles. The highest BCUT2D eigenvalue weighted by Crippen LogP contribution is 2.33. The molecule has 0 saturated heterocycles. The quantitative estimate of drug-likeness (QED) is 0.340. The van der Waals surface area contributed by atoms with Crippen LogP contribution in [0, 0.1) is 5.82 Å². The predicted octanol–water partition coefficient (Wildman–Crippen LogP) is 4.86. The molecule has 3 heterocycles. The van der Waals surface area contributed by atoms with Crippen molar-refractivity contribution in [1.29, 1.82) is 0 Å². The molecule has 1 N–H and O–H groups in total. The van der Waals surface area contributed by atoms with Crippen molar-refractivity contribution in [2.24, 2.45) is 0 Å². The minimum absolute atomic E-state index is 0.291. The van der Waals surface area contributed by atoms with Gasteiger partial charge in [0.05, 0.1) is 18.5 Å². The topological polar surface area (TPSA) is 81.4 Å². The molecule has 7 nitrogen and oxygen atoms in total. The zero-order chi connectivity index (χ0) is 23.5. The summed E-state index contributed by atoms with van der Waals surface area (Å²) in [6.45, 7) is 0. The van der Waals surface area contributed by atoms with E-state index in [2.05, 4.69) is 15.3 Å². The van der Waals surface area contributed by atoms with Gasteiger partial charge >= 0.3 is 5.97 Å². The number of imidazole rings is 1. The summed E-state index contributed by atoms with van der Waals surface area (Å²) in [5.41, 5.74) is 3.81. The van der Waals surface area contributed by atoms with Crippen molar-refractivity contribution in [2.75, 3.05) is 12.4 Å². The molecule has 0 spiro atoms. The molecule has 0 aliphatic heterocycles. The highest BCUT2D eigenvalue weighted by atomic mass is 32.1. The van der Waals surface area contributed by atoms with Crippen molar-refractivity contribution in [1.82, 2.24) is 19.4 Å². The number of benzene rings is 2. The molecule has 3 aromatic heterocycles. The first kappa shape index (κ1) is 21.7. The van der Waals surface area contributed by atoms with Crippen LogP contribution in [0.25, 0.3) is 27.6 Å². The minimum atomic E-state index is -0.661.